The van der Waals surface area contributed by atoms with Crippen LogP contribution >= 0.6 is 23.2 Å². The van der Waals surface area contributed by atoms with Gasteiger partial charge in [-0.3, -0.25) is 0 Å². The van der Waals surface area contributed by atoms with Gasteiger partial charge in [0.25, 0.3) is 0 Å². The van der Waals surface area contributed by atoms with Gasteiger partial charge < -0.3 is 28.8 Å². The van der Waals surface area contributed by atoms with Crippen LogP contribution in [0.4, 0.5) is 10.2 Å². The number of hydrogen-bond acceptors (Lipinski definition) is 8. The summed E-state index contributed by atoms with van der Waals surface area (Å²) >= 11 is 12.8. The van der Waals surface area contributed by atoms with E-state index < -0.39 is 17.0 Å². The minimum absolute atomic E-state index is 0.0923. The molecule has 7 rings (SSSR count). The molecule has 2 fully saturated rings. The van der Waals surface area contributed by atoms with E-state index in [1.807, 2.05) is 50.4 Å². The molecule has 45 heavy (non-hydrogen) atoms. The molecule has 3 aromatic heterocycles. The number of halogens is 3. The quantitative estimate of drug-likeness (QED) is 0.172. The summed E-state index contributed by atoms with van der Waals surface area (Å²) in [7, 11) is 1.63. The van der Waals surface area contributed by atoms with Crippen molar-refractivity contribution in [2.75, 3.05) is 19.0 Å². The zero-order valence-electron chi connectivity index (χ0n) is 25.2. The zero-order valence-corrected chi connectivity index (χ0v) is 26.7. The fourth-order valence-corrected chi connectivity index (χ4v) is 6.90. The van der Waals surface area contributed by atoms with Crippen molar-refractivity contribution in [3.05, 3.63) is 82.6 Å². The molecule has 2 aliphatic rings. The smallest absolute Gasteiger partial charge is 0.163 e. The van der Waals surface area contributed by atoms with E-state index in [0.717, 1.165) is 22.3 Å². The lowest BCUT2D eigenvalue weighted by atomic mass is 9.87. The standard InChI is InChI=1S/C33H32Cl2FN5O4/c1-32(2)44-27-26(41-10-9-21-29(35)38-17-39-31(21)41)14-33(3,28(27)45-32)16-43-20-11-24(36)22-13-23(34)30(40-25(22)12-20)37-15-18-5-7-19(42-4)8-6-18/h5-13,17,26-28H,14-16H2,1-4H3,(H,37,40)/t26-,27+,28+,33+/m1/s1. The average Bonchev–Trinajstić information content (AvgIpc) is 3.67. The van der Waals surface area contributed by atoms with Gasteiger partial charge in [0.05, 0.1) is 41.8 Å². The molecule has 1 saturated heterocycles. The first-order chi connectivity index (χ1) is 21.5. The van der Waals surface area contributed by atoms with Gasteiger partial charge in [0.2, 0.25) is 0 Å². The van der Waals surface area contributed by atoms with E-state index in [1.165, 1.54) is 12.4 Å². The minimum Gasteiger partial charge on any atom is -0.497 e. The molecule has 9 nitrogen and oxygen atoms in total. The molecule has 0 radical (unpaired) electrons. The van der Waals surface area contributed by atoms with E-state index in [9.17, 15) is 0 Å². The number of aromatic nitrogens is 4. The number of methoxy groups -OCH3 is 1. The van der Waals surface area contributed by atoms with Crippen molar-refractivity contribution in [3.8, 4) is 11.5 Å². The topological polar surface area (TPSA) is 92.6 Å². The van der Waals surface area contributed by atoms with Gasteiger partial charge in [-0.2, -0.15) is 0 Å². The third kappa shape index (κ3) is 5.54. The van der Waals surface area contributed by atoms with Gasteiger partial charge in [-0.15, -0.1) is 0 Å². The Morgan fingerprint density at radius 3 is 2.60 bits per heavy atom. The van der Waals surface area contributed by atoms with Crippen LogP contribution in [0.15, 0.2) is 61.1 Å². The Labute approximate surface area is 269 Å². The highest BCUT2D eigenvalue weighted by Crippen LogP contribution is 2.54. The van der Waals surface area contributed by atoms with E-state index >= 15 is 4.39 Å². The highest BCUT2D eigenvalue weighted by Gasteiger charge is 2.60. The maximum Gasteiger partial charge on any atom is 0.163 e. The van der Waals surface area contributed by atoms with Gasteiger partial charge in [0.15, 0.2) is 5.79 Å². The van der Waals surface area contributed by atoms with Crippen LogP contribution in [0.1, 0.15) is 38.8 Å². The van der Waals surface area contributed by atoms with Gasteiger partial charge in [-0.1, -0.05) is 42.3 Å². The number of pyridine rings is 1. The molecule has 1 aliphatic carbocycles. The van der Waals surface area contributed by atoms with Crippen molar-refractivity contribution in [1.29, 1.82) is 0 Å². The third-order valence-electron chi connectivity index (χ3n) is 8.69. The Hall–Kier alpha value is -3.70. The van der Waals surface area contributed by atoms with E-state index in [-0.39, 0.29) is 24.9 Å². The van der Waals surface area contributed by atoms with Crippen molar-refractivity contribution < 1.29 is 23.3 Å². The summed E-state index contributed by atoms with van der Waals surface area (Å²) in [5.41, 5.74) is 1.70. The summed E-state index contributed by atoms with van der Waals surface area (Å²) < 4.78 is 41.8. The lowest BCUT2D eigenvalue weighted by Gasteiger charge is -2.31. The summed E-state index contributed by atoms with van der Waals surface area (Å²) in [6.45, 7) is 6.68. The summed E-state index contributed by atoms with van der Waals surface area (Å²) in [5.74, 6) is 0.337. The molecule has 1 saturated carbocycles. The van der Waals surface area contributed by atoms with Crippen LogP contribution in [0.3, 0.4) is 0 Å². The zero-order chi connectivity index (χ0) is 31.5. The SMILES string of the molecule is COc1ccc(CNc2nc3cc(OC[C@]4(C)C[C@@H](n5ccc6c(Cl)ncnc65)[C@@H]5OC(C)(C)O[C@@H]54)cc(F)c3cc2Cl)cc1. The van der Waals surface area contributed by atoms with Crippen LogP contribution < -0.4 is 14.8 Å². The van der Waals surface area contributed by atoms with Crippen LogP contribution in [-0.4, -0.2) is 51.2 Å². The lowest BCUT2D eigenvalue weighted by molar-refractivity contribution is -0.170. The normalized spacial score (nSPS) is 23.8. The Bertz CT molecular complexity index is 1900. The van der Waals surface area contributed by atoms with Gasteiger partial charge >= 0.3 is 0 Å². The largest absolute Gasteiger partial charge is 0.497 e. The predicted molar refractivity (Wildman–Crippen MR) is 171 cm³/mol. The fourth-order valence-electron chi connectivity index (χ4n) is 6.49. The summed E-state index contributed by atoms with van der Waals surface area (Å²) in [5, 5.41) is 5.06. The van der Waals surface area contributed by atoms with Crippen LogP contribution in [0.2, 0.25) is 10.2 Å². The molecule has 0 bridgehead atoms. The molecule has 4 heterocycles. The van der Waals surface area contributed by atoms with Crippen LogP contribution in [0, 0.1) is 11.2 Å². The Morgan fingerprint density at radius 1 is 1.02 bits per heavy atom. The van der Waals surface area contributed by atoms with Crippen molar-refractivity contribution in [3.63, 3.8) is 0 Å². The molecule has 234 valence electrons. The first-order valence-corrected chi connectivity index (χ1v) is 15.4. The number of rotatable bonds is 8. The number of ether oxygens (including phenoxy) is 4. The van der Waals surface area contributed by atoms with Gasteiger partial charge in [-0.05, 0) is 50.1 Å². The van der Waals surface area contributed by atoms with Crippen molar-refractivity contribution in [2.45, 2.75) is 57.8 Å². The highest BCUT2D eigenvalue weighted by atomic mass is 35.5. The molecule has 1 aliphatic heterocycles. The lowest BCUT2D eigenvalue weighted by Crippen LogP contribution is -2.38. The molecule has 1 N–H and O–H groups in total. The first kappa shape index (κ1) is 30.0. The van der Waals surface area contributed by atoms with Crippen molar-refractivity contribution in [1.82, 2.24) is 19.5 Å². The molecular weight excluding hydrogens is 620 g/mol. The van der Waals surface area contributed by atoms with E-state index in [2.05, 4.69) is 31.8 Å². The first-order valence-electron chi connectivity index (χ1n) is 14.7. The van der Waals surface area contributed by atoms with Crippen LogP contribution in [0.25, 0.3) is 21.9 Å². The molecule has 12 heteroatoms. The third-order valence-corrected chi connectivity index (χ3v) is 9.28. The van der Waals surface area contributed by atoms with E-state index in [0.29, 0.717) is 45.6 Å². The number of fused-ring (bicyclic) bond motifs is 3. The van der Waals surface area contributed by atoms with Gasteiger partial charge in [-0.25, -0.2) is 19.3 Å². The monoisotopic (exact) mass is 651 g/mol. The second kappa shape index (κ2) is 11.3. The van der Waals surface area contributed by atoms with E-state index in [4.69, 9.17) is 42.1 Å². The van der Waals surface area contributed by atoms with Crippen LogP contribution in [-0.2, 0) is 16.0 Å². The molecule has 5 aromatic rings. The second-order valence-corrected chi connectivity index (χ2v) is 13.1. The maximum atomic E-state index is 15.3. The number of nitrogens with one attached hydrogen (secondary N) is 1. The van der Waals surface area contributed by atoms with Crippen molar-refractivity contribution >= 4 is 51.0 Å². The Kier molecular flexibility index (Phi) is 7.51. The molecule has 0 spiro atoms. The number of benzene rings is 2. The Morgan fingerprint density at radius 2 is 1.82 bits per heavy atom. The molecular formula is C33H32Cl2FN5O4. The summed E-state index contributed by atoms with van der Waals surface area (Å²) in [6, 6.07) is 14.2. The van der Waals surface area contributed by atoms with Crippen LogP contribution in [0.5, 0.6) is 11.5 Å². The highest BCUT2D eigenvalue weighted by molar-refractivity contribution is 6.34. The fraction of sp³-hybridized carbons (Fsp3) is 0.364. The number of anilines is 1. The molecule has 4 atom stereocenters. The minimum atomic E-state index is -0.779. The van der Waals surface area contributed by atoms with E-state index in [1.54, 1.807) is 19.2 Å². The average molecular weight is 653 g/mol. The molecule has 0 unspecified atom stereocenters. The molecule has 2 aromatic carbocycles. The van der Waals surface area contributed by atoms with Gasteiger partial charge in [0, 0.05) is 35.7 Å². The number of hydrogen-bond donors (Lipinski definition) is 1. The van der Waals surface area contributed by atoms with Crippen molar-refractivity contribution in [2.24, 2.45) is 5.41 Å². The van der Waals surface area contributed by atoms with Gasteiger partial charge in [0.1, 0.15) is 46.4 Å². The predicted octanol–water partition coefficient (Wildman–Crippen LogP) is 7.60. The second-order valence-electron chi connectivity index (χ2n) is 12.4. The maximum absolute atomic E-state index is 15.3. The summed E-state index contributed by atoms with van der Waals surface area (Å²) in [6.07, 6.45) is 3.57. The molecule has 0 amide bonds. The summed E-state index contributed by atoms with van der Waals surface area (Å²) in [4.78, 5) is 13.2. The number of nitrogens with zero attached hydrogens (tertiary/aromatic N) is 4. The Balaban J connectivity index is 1.13.